The maximum absolute atomic E-state index is 6.26. The summed E-state index contributed by atoms with van der Waals surface area (Å²) in [5.74, 6) is 0. The molecule has 2 N–H and O–H groups in total. The third-order valence-electron chi connectivity index (χ3n) is 4.55. The molecule has 1 saturated heterocycles. The lowest BCUT2D eigenvalue weighted by atomic mass is 10.0. The molecule has 0 amide bonds. The van der Waals surface area contributed by atoms with Crippen LogP contribution in [0.3, 0.4) is 0 Å². The Kier molecular flexibility index (Phi) is 3.89. The molecule has 3 atom stereocenters. The maximum Gasteiger partial charge on any atom is 0.0734 e. The van der Waals surface area contributed by atoms with Crippen molar-refractivity contribution in [1.82, 2.24) is 9.78 Å². The van der Waals surface area contributed by atoms with Crippen molar-refractivity contribution in [3.05, 3.63) is 18.0 Å². The van der Waals surface area contributed by atoms with Crippen molar-refractivity contribution >= 4 is 0 Å². The first-order valence-corrected chi connectivity index (χ1v) is 7.67. The molecule has 0 radical (unpaired) electrons. The molecule has 0 aromatic carbocycles. The molecule has 19 heavy (non-hydrogen) atoms. The zero-order valence-electron chi connectivity index (χ0n) is 11.8. The minimum atomic E-state index is 0.0804. The molecule has 106 valence electrons. The van der Waals surface area contributed by atoms with Crippen LogP contribution < -0.4 is 5.73 Å². The average molecular weight is 263 g/mol. The molecular formula is C15H25N3O. The predicted octanol–water partition coefficient (Wildman–Crippen LogP) is 2.44. The third-order valence-corrected chi connectivity index (χ3v) is 4.55. The van der Waals surface area contributed by atoms with E-state index in [0.29, 0.717) is 12.1 Å². The molecular weight excluding hydrogens is 238 g/mol. The minimum absolute atomic E-state index is 0.0804. The first kappa shape index (κ1) is 13.1. The molecule has 2 aliphatic rings. The van der Waals surface area contributed by atoms with Gasteiger partial charge >= 0.3 is 0 Å². The van der Waals surface area contributed by atoms with Crippen molar-refractivity contribution in [2.45, 2.75) is 76.2 Å². The number of aromatic nitrogens is 2. The fourth-order valence-electron chi connectivity index (χ4n) is 3.38. The molecule has 0 spiro atoms. The Labute approximate surface area is 115 Å². The summed E-state index contributed by atoms with van der Waals surface area (Å²) < 4.78 is 7.99. The molecule has 4 heteroatoms. The Balaban J connectivity index is 1.57. The van der Waals surface area contributed by atoms with Gasteiger partial charge in [0.2, 0.25) is 0 Å². The highest BCUT2D eigenvalue weighted by molar-refractivity contribution is 5.04. The van der Waals surface area contributed by atoms with Crippen molar-refractivity contribution < 1.29 is 4.74 Å². The van der Waals surface area contributed by atoms with Crippen LogP contribution in [-0.4, -0.2) is 28.0 Å². The number of rotatable bonds is 4. The van der Waals surface area contributed by atoms with Gasteiger partial charge in [-0.2, -0.15) is 5.10 Å². The molecule has 1 aliphatic heterocycles. The topological polar surface area (TPSA) is 53.1 Å². The fraction of sp³-hybridized carbons (Fsp3) is 0.800. The van der Waals surface area contributed by atoms with E-state index in [1.807, 2.05) is 0 Å². The van der Waals surface area contributed by atoms with Crippen LogP contribution in [0.5, 0.6) is 0 Å². The maximum atomic E-state index is 6.26. The molecule has 1 saturated carbocycles. The van der Waals surface area contributed by atoms with E-state index in [1.54, 1.807) is 0 Å². The van der Waals surface area contributed by atoms with E-state index < -0.39 is 0 Å². The van der Waals surface area contributed by atoms with Gasteiger partial charge in [-0.05, 0) is 38.7 Å². The van der Waals surface area contributed by atoms with Gasteiger partial charge in [0.15, 0.2) is 0 Å². The van der Waals surface area contributed by atoms with Crippen LogP contribution in [0.25, 0.3) is 0 Å². The van der Waals surface area contributed by atoms with E-state index in [4.69, 9.17) is 15.6 Å². The van der Waals surface area contributed by atoms with Crippen LogP contribution in [0.4, 0.5) is 0 Å². The lowest BCUT2D eigenvalue weighted by Gasteiger charge is -2.18. The molecule has 0 bridgehead atoms. The summed E-state index contributed by atoms with van der Waals surface area (Å²) in [5.41, 5.74) is 7.38. The minimum Gasteiger partial charge on any atom is -0.374 e. The van der Waals surface area contributed by atoms with E-state index in [2.05, 4.69) is 23.9 Å². The van der Waals surface area contributed by atoms with Crippen LogP contribution in [-0.2, 0) is 11.2 Å². The van der Waals surface area contributed by atoms with E-state index >= 15 is 0 Å². The Hall–Kier alpha value is -0.870. The standard InChI is InChI=1S/C15H25N3O/c1-11-6-7-15(19-11)14(16)10-12-8-9-18(17-12)13-4-2-3-5-13/h8-9,11,13-15H,2-7,10,16H2,1H3. The second-order valence-corrected chi connectivity index (χ2v) is 6.16. The molecule has 4 nitrogen and oxygen atoms in total. The van der Waals surface area contributed by atoms with Gasteiger partial charge in [-0.1, -0.05) is 12.8 Å². The summed E-state index contributed by atoms with van der Waals surface area (Å²) in [6, 6.07) is 2.82. The van der Waals surface area contributed by atoms with Crippen LogP contribution >= 0.6 is 0 Å². The van der Waals surface area contributed by atoms with E-state index in [9.17, 15) is 0 Å². The van der Waals surface area contributed by atoms with Crippen LogP contribution in [0.1, 0.15) is 57.2 Å². The van der Waals surface area contributed by atoms with Crippen molar-refractivity contribution in [2.24, 2.45) is 5.73 Å². The normalized spacial score (nSPS) is 30.0. The molecule has 2 fully saturated rings. The lowest BCUT2D eigenvalue weighted by molar-refractivity contribution is 0.0402. The van der Waals surface area contributed by atoms with Gasteiger partial charge in [-0.25, -0.2) is 0 Å². The molecule has 2 heterocycles. The second-order valence-electron chi connectivity index (χ2n) is 6.16. The monoisotopic (exact) mass is 263 g/mol. The van der Waals surface area contributed by atoms with Crippen molar-refractivity contribution in [1.29, 1.82) is 0 Å². The van der Waals surface area contributed by atoms with Gasteiger partial charge in [0.25, 0.3) is 0 Å². The fourth-order valence-corrected chi connectivity index (χ4v) is 3.38. The summed E-state index contributed by atoms with van der Waals surface area (Å²) in [5, 5.41) is 4.70. The van der Waals surface area contributed by atoms with Crippen LogP contribution in [0, 0.1) is 0 Å². The zero-order valence-corrected chi connectivity index (χ0v) is 11.8. The number of hydrogen-bond donors (Lipinski definition) is 1. The Morgan fingerprint density at radius 1 is 1.37 bits per heavy atom. The Morgan fingerprint density at radius 3 is 2.84 bits per heavy atom. The van der Waals surface area contributed by atoms with Crippen LogP contribution in [0.2, 0.25) is 0 Å². The number of nitrogens with zero attached hydrogens (tertiary/aromatic N) is 2. The highest BCUT2D eigenvalue weighted by Crippen LogP contribution is 2.29. The Morgan fingerprint density at radius 2 is 2.16 bits per heavy atom. The Bertz CT molecular complexity index is 411. The van der Waals surface area contributed by atoms with Gasteiger partial charge in [0, 0.05) is 18.7 Å². The van der Waals surface area contributed by atoms with E-state index in [0.717, 1.165) is 25.0 Å². The largest absolute Gasteiger partial charge is 0.374 e. The van der Waals surface area contributed by atoms with Gasteiger partial charge in [0.05, 0.1) is 23.9 Å². The quantitative estimate of drug-likeness (QED) is 0.907. The van der Waals surface area contributed by atoms with Gasteiger partial charge in [-0.15, -0.1) is 0 Å². The van der Waals surface area contributed by atoms with Crippen molar-refractivity contribution in [3.8, 4) is 0 Å². The van der Waals surface area contributed by atoms with Gasteiger partial charge in [-0.3, -0.25) is 4.68 Å². The number of ether oxygens (including phenoxy) is 1. The summed E-state index contributed by atoms with van der Waals surface area (Å²) in [6.45, 7) is 2.13. The predicted molar refractivity (Wildman–Crippen MR) is 75.0 cm³/mol. The highest BCUT2D eigenvalue weighted by atomic mass is 16.5. The molecule has 3 unspecified atom stereocenters. The van der Waals surface area contributed by atoms with Gasteiger partial charge in [0.1, 0.15) is 0 Å². The summed E-state index contributed by atoms with van der Waals surface area (Å²) >= 11 is 0. The SMILES string of the molecule is CC1CCC(C(N)Cc2ccn(C3CCCC3)n2)O1. The average Bonchev–Trinajstić information content (AvgIpc) is 3.07. The smallest absolute Gasteiger partial charge is 0.0734 e. The summed E-state index contributed by atoms with van der Waals surface area (Å²) in [7, 11) is 0. The van der Waals surface area contributed by atoms with Gasteiger partial charge < -0.3 is 10.5 Å². The molecule has 3 rings (SSSR count). The number of nitrogens with two attached hydrogens (primary N) is 1. The summed E-state index contributed by atoms with van der Waals surface area (Å²) in [6.07, 6.45) is 11.0. The lowest BCUT2D eigenvalue weighted by Crippen LogP contribution is -2.36. The highest BCUT2D eigenvalue weighted by Gasteiger charge is 2.28. The van der Waals surface area contributed by atoms with Crippen molar-refractivity contribution in [3.63, 3.8) is 0 Å². The number of hydrogen-bond acceptors (Lipinski definition) is 3. The first-order chi connectivity index (χ1) is 9.22. The van der Waals surface area contributed by atoms with E-state index in [1.165, 1.54) is 25.7 Å². The molecule has 1 aromatic rings. The molecule has 1 aliphatic carbocycles. The summed E-state index contributed by atoms with van der Waals surface area (Å²) in [4.78, 5) is 0. The van der Waals surface area contributed by atoms with Crippen molar-refractivity contribution in [2.75, 3.05) is 0 Å². The third kappa shape index (κ3) is 3.00. The molecule has 1 aromatic heterocycles. The van der Waals surface area contributed by atoms with E-state index in [-0.39, 0.29) is 12.1 Å². The first-order valence-electron chi connectivity index (χ1n) is 7.67. The zero-order chi connectivity index (χ0) is 13.2. The second kappa shape index (κ2) is 5.63. The van der Waals surface area contributed by atoms with Crippen LogP contribution in [0.15, 0.2) is 12.3 Å².